The van der Waals surface area contributed by atoms with E-state index in [4.69, 9.17) is 28.4 Å². The first-order valence-corrected chi connectivity index (χ1v) is 12.4. The number of hydrogen-bond donors (Lipinski definition) is 0. The number of ether oxygens (including phenoxy) is 6. The Morgan fingerprint density at radius 3 is 2.42 bits per heavy atom. The predicted octanol–water partition coefficient (Wildman–Crippen LogP) is 4.10. The average molecular weight is 519 g/mol. The Kier molecular flexibility index (Phi) is 8.18. The molecule has 0 spiro atoms. The summed E-state index contributed by atoms with van der Waals surface area (Å²) in [6.07, 6.45) is 5.25. The molecule has 6 rings (SSSR count). The molecule has 0 saturated carbocycles. The monoisotopic (exact) mass is 518 g/mol. The summed E-state index contributed by atoms with van der Waals surface area (Å²) in [6.45, 7) is 4.91. The highest BCUT2D eigenvalue weighted by atomic mass is 16.6. The number of benzene rings is 2. The van der Waals surface area contributed by atoms with Gasteiger partial charge >= 0.3 is 0 Å². The summed E-state index contributed by atoms with van der Waals surface area (Å²) in [5.74, 6) is 2.66. The number of methoxy groups -OCH3 is 2. The SMILES string of the molecule is C1COCCO1.COc1ccc(C=C2Oc3c(ccc4c3CN(Cc3ccncc3)CO4)C2=O)c(OC)c1. The van der Waals surface area contributed by atoms with Gasteiger partial charge in [-0.25, -0.2) is 0 Å². The summed E-state index contributed by atoms with van der Waals surface area (Å²) in [4.78, 5) is 19.3. The number of carbonyl (C=O) groups is 1. The third kappa shape index (κ3) is 5.80. The third-order valence-corrected chi connectivity index (χ3v) is 6.31. The predicted molar refractivity (Wildman–Crippen MR) is 140 cm³/mol. The van der Waals surface area contributed by atoms with E-state index in [-0.39, 0.29) is 11.5 Å². The molecule has 0 unspecified atom stereocenters. The molecule has 0 radical (unpaired) electrons. The summed E-state index contributed by atoms with van der Waals surface area (Å²) in [6, 6.07) is 13.0. The van der Waals surface area contributed by atoms with Crippen molar-refractivity contribution >= 4 is 11.9 Å². The molecule has 3 aliphatic heterocycles. The topological polar surface area (TPSA) is 88.6 Å². The number of rotatable bonds is 5. The molecule has 1 fully saturated rings. The first kappa shape index (κ1) is 25.7. The van der Waals surface area contributed by atoms with Gasteiger partial charge in [-0.15, -0.1) is 0 Å². The van der Waals surface area contributed by atoms with Gasteiger partial charge in [0.05, 0.1) is 51.8 Å². The maximum Gasteiger partial charge on any atom is 0.231 e. The van der Waals surface area contributed by atoms with E-state index >= 15 is 0 Å². The molecule has 3 aliphatic rings. The largest absolute Gasteiger partial charge is 0.497 e. The molecule has 4 heterocycles. The lowest BCUT2D eigenvalue weighted by Gasteiger charge is -2.29. The first-order chi connectivity index (χ1) is 18.7. The van der Waals surface area contributed by atoms with Crippen LogP contribution >= 0.6 is 0 Å². The molecule has 2 aromatic carbocycles. The van der Waals surface area contributed by atoms with E-state index < -0.39 is 0 Å². The quantitative estimate of drug-likeness (QED) is 0.463. The minimum atomic E-state index is -0.160. The molecule has 0 N–H and O–H groups in total. The van der Waals surface area contributed by atoms with Crippen LogP contribution in [-0.2, 0) is 22.6 Å². The fourth-order valence-electron chi connectivity index (χ4n) is 4.37. The Bertz CT molecular complexity index is 1290. The van der Waals surface area contributed by atoms with Crippen LogP contribution < -0.4 is 18.9 Å². The molecular weight excluding hydrogens is 488 g/mol. The maximum absolute atomic E-state index is 13.1. The van der Waals surface area contributed by atoms with Gasteiger partial charge in [-0.1, -0.05) is 0 Å². The smallest absolute Gasteiger partial charge is 0.231 e. The zero-order valence-electron chi connectivity index (χ0n) is 21.5. The number of hydrogen-bond acceptors (Lipinski definition) is 9. The van der Waals surface area contributed by atoms with Crippen LogP contribution in [0.1, 0.15) is 27.0 Å². The number of fused-ring (bicyclic) bond motifs is 3. The highest BCUT2D eigenvalue weighted by Crippen LogP contribution is 2.42. The van der Waals surface area contributed by atoms with Crippen molar-refractivity contribution in [1.29, 1.82) is 0 Å². The van der Waals surface area contributed by atoms with E-state index in [9.17, 15) is 4.79 Å². The molecule has 198 valence electrons. The van der Waals surface area contributed by atoms with Gasteiger partial charge in [-0.3, -0.25) is 14.7 Å². The third-order valence-electron chi connectivity index (χ3n) is 6.31. The zero-order valence-corrected chi connectivity index (χ0v) is 21.5. The van der Waals surface area contributed by atoms with Crippen molar-refractivity contribution in [3.05, 3.63) is 82.9 Å². The van der Waals surface area contributed by atoms with Crippen LogP contribution in [0.3, 0.4) is 0 Å². The standard InChI is InChI=1S/C25H22N2O5.C4H8O2/c1-29-18-4-3-17(22(12-18)30-2)11-23-24(28)19-5-6-21-20(25(19)32-23)14-27(15-31-21)13-16-7-9-26-10-8-16;1-2-6-4-3-5-1/h3-12H,13-15H2,1-2H3;1-4H2. The molecule has 9 nitrogen and oxygen atoms in total. The minimum absolute atomic E-state index is 0.160. The lowest BCUT2D eigenvalue weighted by Crippen LogP contribution is -2.31. The fraction of sp³-hybridized carbons (Fsp3) is 0.310. The van der Waals surface area contributed by atoms with Crippen molar-refractivity contribution in [2.24, 2.45) is 0 Å². The Hall–Kier alpha value is -3.92. The van der Waals surface area contributed by atoms with Crippen LogP contribution in [0.5, 0.6) is 23.0 Å². The number of pyridine rings is 1. The number of aromatic nitrogens is 1. The summed E-state index contributed by atoms with van der Waals surface area (Å²) < 4.78 is 32.6. The molecule has 1 aromatic heterocycles. The van der Waals surface area contributed by atoms with E-state index in [1.165, 1.54) is 0 Å². The summed E-state index contributed by atoms with van der Waals surface area (Å²) >= 11 is 0. The second-order valence-corrected chi connectivity index (χ2v) is 8.81. The van der Waals surface area contributed by atoms with Crippen LogP contribution in [0.2, 0.25) is 0 Å². The van der Waals surface area contributed by atoms with Gasteiger partial charge in [0.25, 0.3) is 0 Å². The molecule has 0 amide bonds. The molecule has 1 saturated heterocycles. The van der Waals surface area contributed by atoms with Gasteiger partial charge in [0, 0.05) is 37.1 Å². The van der Waals surface area contributed by atoms with Crippen LogP contribution in [0.25, 0.3) is 6.08 Å². The molecule has 38 heavy (non-hydrogen) atoms. The minimum Gasteiger partial charge on any atom is -0.497 e. The van der Waals surface area contributed by atoms with Gasteiger partial charge in [0.15, 0.2) is 5.76 Å². The number of nitrogens with zero attached hydrogens (tertiary/aromatic N) is 2. The molecule has 9 heteroatoms. The van der Waals surface area contributed by atoms with E-state index in [1.807, 2.05) is 30.3 Å². The molecule has 0 aliphatic carbocycles. The van der Waals surface area contributed by atoms with E-state index in [1.54, 1.807) is 44.8 Å². The highest BCUT2D eigenvalue weighted by molar-refractivity contribution is 6.15. The molecular formula is C29H30N2O7. The molecule has 0 atom stereocenters. The van der Waals surface area contributed by atoms with Crippen molar-refractivity contribution in [3.8, 4) is 23.0 Å². The van der Waals surface area contributed by atoms with Crippen LogP contribution in [0, 0.1) is 0 Å². The summed E-state index contributed by atoms with van der Waals surface area (Å²) in [7, 11) is 3.17. The van der Waals surface area contributed by atoms with Gasteiger partial charge in [-0.05, 0) is 48.0 Å². The van der Waals surface area contributed by atoms with Gasteiger partial charge < -0.3 is 28.4 Å². The number of Topliss-reactive ketones (excluding diaryl/α,β-unsaturated/α-hetero) is 1. The lowest BCUT2D eigenvalue weighted by molar-refractivity contribution is -0.0334. The fourth-order valence-corrected chi connectivity index (χ4v) is 4.37. The normalized spacial score (nSPS) is 17.4. The van der Waals surface area contributed by atoms with Gasteiger partial charge in [0.1, 0.15) is 29.7 Å². The summed E-state index contributed by atoms with van der Waals surface area (Å²) in [5, 5.41) is 0. The van der Waals surface area contributed by atoms with Crippen LogP contribution in [-0.4, -0.2) is 63.0 Å². The average Bonchev–Trinajstić information content (AvgIpc) is 3.30. The molecule has 0 bridgehead atoms. The van der Waals surface area contributed by atoms with E-state index in [2.05, 4.69) is 9.88 Å². The molecule has 3 aromatic rings. The Morgan fingerprint density at radius 2 is 1.74 bits per heavy atom. The highest BCUT2D eigenvalue weighted by Gasteiger charge is 2.33. The lowest BCUT2D eigenvalue weighted by atomic mass is 10.0. The van der Waals surface area contributed by atoms with E-state index in [0.29, 0.717) is 42.6 Å². The second kappa shape index (κ2) is 12.1. The van der Waals surface area contributed by atoms with Crippen LogP contribution in [0.15, 0.2) is 60.6 Å². The number of ketones is 1. The second-order valence-electron chi connectivity index (χ2n) is 8.81. The van der Waals surface area contributed by atoms with Crippen LogP contribution in [0.4, 0.5) is 0 Å². The van der Waals surface area contributed by atoms with Gasteiger partial charge in [0.2, 0.25) is 5.78 Å². The number of allylic oxidation sites excluding steroid dienone is 1. The maximum atomic E-state index is 13.1. The van der Waals surface area contributed by atoms with Gasteiger partial charge in [-0.2, -0.15) is 0 Å². The number of carbonyl (C=O) groups excluding carboxylic acids is 1. The van der Waals surface area contributed by atoms with Crippen molar-refractivity contribution in [2.45, 2.75) is 13.1 Å². The van der Waals surface area contributed by atoms with Crippen molar-refractivity contribution in [3.63, 3.8) is 0 Å². The first-order valence-electron chi connectivity index (χ1n) is 12.4. The van der Waals surface area contributed by atoms with E-state index in [0.717, 1.165) is 48.9 Å². The Labute approximate surface area is 221 Å². The van der Waals surface area contributed by atoms with Crippen molar-refractivity contribution in [2.75, 3.05) is 47.4 Å². The Morgan fingerprint density at radius 1 is 0.974 bits per heavy atom. The Balaban J connectivity index is 0.000000433. The zero-order chi connectivity index (χ0) is 26.3. The van der Waals surface area contributed by atoms with Crippen molar-refractivity contribution < 1.29 is 33.2 Å². The summed E-state index contributed by atoms with van der Waals surface area (Å²) in [5.41, 5.74) is 3.29. The van der Waals surface area contributed by atoms with Crippen molar-refractivity contribution in [1.82, 2.24) is 9.88 Å².